The maximum absolute atomic E-state index is 12.7. The van der Waals surface area contributed by atoms with Crippen LogP contribution in [0.1, 0.15) is 5.56 Å². The Morgan fingerprint density at radius 2 is 1.88 bits per heavy atom. The number of H-pyrrole nitrogens is 1. The van der Waals surface area contributed by atoms with Gasteiger partial charge in [-0.1, -0.05) is 15.9 Å². The number of pyridine rings is 1. The number of fused-ring (bicyclic) bond motifs is 1. The monoisotopic (exact) mass is 291 g/mol. The highest BCUT2D eigenvalue weighted by molar-refractivity contribution is 9.10. The van der Waals surface area contributed by atoms with Crippen LogP contribution >= 0.6 is 15.9 Å². The number of halogens is 4. The normalized spacial score (nSPS) is 12.0. The fourth-order valence-electron chi connectivity index (χ4n) is 1.50. The average Bonchev–Trinajstić information content (AvgIpc) is 2.17. The summed E-state index contributed by atoms with van der Waals surface area (Å²) < 4.78 is 38.3. The third-order valence-electron chi connectivity index (χ3n) is 2.16. The van der Waals surface area contributed by atoms with Crippen LogP contribution in [-0.4, -0.2) is 4.98 Å². The summed E-state index contributed by atoms with van der Waals surface area (Å²) in [5.41, 5.74) is -1.35. The Bertz CT molecular complexity index is 603. The van der Waals surface area contributed by atoms with Crippen molar-refractivity contribution in [1.82, 2.24) is 4.98 Å². The van der Waals surface area contributed by atoms with Crippen molar-refractivity contribution in [3.8, 4) is 0 Å². The maximum atomic E-state index is 12.7. The summed E-state index contributed by atoms with van der Waals surface area (Å²) in [6.07, 6.45) is -3.27. The zero-order valence-electron chi connectivity index (χ0n) is 7.73. The van der Waals surface area contributed by atoms with Gasteiger partial charge in [0.05, 0.1) is 5.56 Å². The highest BCUT2D eigenvalue weighted by atomic mass is 79.9. The van der Waals surface area contributed by atoms with E-state index in [1.807, 2.05) is 0 Å². The molecule has 1 aromatic heterocycles. The molecule has 84 valence electrons. The Kier molecular flexibility index (Phi) is 2.53. The Hall–Kier alpha value is -1.30. The van der Waals surface area contributed by atoms with Gasteiger partial charge in [-0.3, -0.25) is 4.79 Å². The van der Waals surface area contributed by atoms with E-state index in [1.165, 1.54) is 18.3 Å². The molecule has 0 amide bonds. The molecular formula is C10H5BrF3NO. The summed E-state index contributed by atoms with van der Waals surface area (Å²) in [6.45, 7) is 0. The Labute approximate surface area is 96.2 Å². The van der Waals surface area contributed by atoms with Crippen molar-refractivity contribution in [3.05, 3.63) is 44.8 Å². The first-order valence-corrected chi connectivity index (χ1v) is 5.07. The molecule has 0 unspecified atom stereocenters. The second kappa shape index (κ2) is 3.62. The largest absolute Gasteiger partial charge is 0.417 e. The van der Waals surface area contributed by atoms with Crippen molar-refractivity contribution in [1.29, 1.82) is 0 Å². The molecule has 2 aromatic rings. The third kappa shape index (κ3) is 1.84. The van der Waals surface area contributed by atoms with E-state index in [-0.39, 0.29) is 15.2 Å². The summed E-state index contributed by atoms with van der Waals surface area (Å²) in [4.78, 5) is 13.7. The average molecular weight is 292 g/mol. The van der Waals surface area contributed by atoms with E-state index in [0.717, 1.165) is 6.07 Å². The van der Waals surface area contributed by atoms with E-state index >= 15 is 0 Å². The van der Waals surface area contributed by atoms with Gasteiger partial charge in [0.2, 0.25) is 0 Å². The molecule has 6 heteroatoms. The minimum Gasteiger partial charge on any atom is -0.329 e. The van der Waals surface area contributed by atoms with Gasteiger partial charge in [-0.2, -0.15) is 13.2 Å². The fraction of sp³-hybridized carbons (Fsp3) is 0.100. The lowest BCUT2D eigenvalue weighted by molar-refractivity contribution is -0.136. The van der Waals surface area contributed by atoms with Crippen LogP contribution in [0.15, 0.2) is 33.7 Å². The fourth-order valence-corrected chi connectivity index (χ4v) is 1.96. The van der Waals surface area contributed by atoms with Gasteiger partial charge in [0.15, 0.2) is 0 Å². The number of rotatable bonds is 0. The van der Waals surface area contributed by atoms with Gasteiger partial charge >= 0.3 is 6.18 Å². The van der Waals surface area contributed by atoms with Crippen LogP contribution in [-0.2, 0) is 6.18 Å². The van der Waals surface area contributed by atoms with Crippen LogP contribution in [0.4, 0.5) is 13.2 Å². The summed E-state index contributed by atoms with van der Waals surface area (Å²) in [5.74, 6) is 0. The number of benzene rings is 1. The van der Waals surface area contributed by atoms with Crippen molar-refractivity contribution in [2.24, 2.45) is 0 Å². The van der Waals surface area contributed by atoms with Gasteiger partial charge in [-0.05, 0) is 18.2 Å². The zero-order valence-corrected chi connectivity index (χ0v) is 9.32. The van der Waals surface area contributed by atoms with Gasteiger partial charge in [-0.15, -0.1) is 0 Å². The summed E-state index contributed by atoms with van der Waals surface area (Å²) >= 11 is 2.96. The van der Waals surface area contributed by atoms with Crippen molar-refractivity contribution in [3.63, 3.8) is 0 Å². The molecule has 0 radical (unpaired) electrons. The lowest BCUT2D eigenvalue weighted by atomic mass is 10.1. The van der Waals surface area contributed by atoms with E-state index in [9.17, 15) is 18.0 Å². The highest BCUT2D eigenvalue weighted by Gasteiger charge is 2.33. The molecule has 1 heterocycles. The predicted molar refractivity (Wildman–Crippen MR) is 57.3 cm³/mol. The van der Waals surface area contributed by atoms with Gasteiger partial charge in [-0.25, -0.2) is 0 Å². The second-order valence-electron chi connectivity index (χ2n) is 3.22. The maximum Gasteiger partial charge on any atom is 0.417 e. The lowest BCUT2D eigenvalue weighted by Crippen LogP contribution is -2.10. The molecule has 0 aliphatic rings. The smallest absolute Gasteiger partial charge is 0.329 e. The molecule has 0 atom stereocenters. The SMILES string of the molecule is O=c1[nH]ccc2c(C(F)(F)F)cc(Br)cc12. The van der Waals surface area contributed by atoms with Crippen LogP contribution in [0, 0.1) is 0 Å². The number of hydrogen-bond acceptors (Lipinski definition) is 1. The molecule has 0 spiro atoms. The molecule has 2 nitrogen and oxygen atoms in total. The van der Waals surface area contributed by atoms with Gasteiger partial charge in [0.25, 0.3) is 5.56 Å². The minimum absolute atomic E-state index is 0.0178. The molecule has 16 heavy (non-hydrogen) atoms. The predicted octanol–water partition coefficient (Wildman–Crippen LogP) is 3.31. The van der Waals surface area contributed by atoms with Gasteiger partial charge < -0.3 is 4.98 Å². The topological polar surface area (TPSA) is 32.9 Å². The molecule has 0 saturated carbocycles. The van der Waals surface area contributed by atoms with E-state index in [1.54, 1.807) is 0 Å². The number of aromatic amines is 1. The number of hydrogen-bond donors (Lipinski definition) is 1. The second-order valence-corrected chi connectivity index (χ2v) is 4.13. The molecule has 1 N–H and O–H groups in total. The van der Waals surface area contributed by atoms with Crippen LogP contribution in [0.2, 0.25) is 0 Å². The minimum atomic E-state index is -4.48. The summed E-state index contributed by atoms with van der Waals surface area (Å²) in [6, 6.07) is 3.57. The third-order valence-corrected chi connectivity index (χ3v) is 2.62. The molecule has 2 rings (SSSR count). The first kappa shape index (κ1) is 11.2. The Morgan fingerprint density at radius 1 is 1.19 bits per heavy atom. The highest BCUT2D eigenvalue weighted by Crippen LogP contribution is 2.35. The Morgan fingerprint density at radius 3 is 2.50 bits per heavy atom. The molecule has 0 aliphatic heterocycles. The van der Waals surface area contributed by atoms with Gasteiger partial charge in [0.1, 0.15) is 0 Å². The standard InChI is InChI=1S/C10H5BrF3NO/c11-5-3-7-6(1-2-15-9(7)16)8(4-5)10(12,13)14/h1-4H,(H,15,16). The number of alkyl halides is 3. The van der Waals surface area contributed by atoms with Crippen LogP contribution in [0.25, 0.3) is 10.8 Å². The first-order valence-electron chi connectivity index (χ1n) is 4.28. The number of nitrogens with one attached hydrogen (secondary N) is 1. The van der Waals surface area contributed by atoms with Crippen LogP contribution < -0.4 is 5.56 Å². The van der Waals surface area contributed by atoms with Crippen molar-refractivity contribution >= 4 is 26.7 Å². The van der Waals surface area contributed by atoms with Crippen molar-refractivity contribution < 1.29 is 13.2 Å². The molecule has 0 fully saturated rings. The van der Waals surface area contributed by atoms with E-state index in [0.29, 0.717) is 0 Å². The van der Waals surface area contributed by atoms with Gasteiger partial charge in [0, 0.05) is 21.4 Å². The van der Waals surface area contributed by atoms with Crippen molar-refractivity contribution in [2.75, 3.05) is 0 Å². The number of aromatic nitrogens is 1. The quantitative estimate of drug-likeness (QED) is 0.794. The van der Waals surface area contributed by atoms with E-state index in [4.69, 9.17) is 0 Å². The lowest BCUT2D eigenvalue weighted by Gasteiger charge is -2.10. The molecule has 0 bridgehead atoms. The molecule has 1 aromatic carbocycles. The first-order chi connectivity index (χ1) is 7.39. The van der Waals surface area contributed by atoms with Crippen LogP contribution in [0.5, 0.6) is 0 Å². The summed E-state index contributed by atoms with van der Waals surface area (Å²) in [7, 11) is 0. The summed E-state index contributed by atoms with van der Waals surface area (Å²) in [5, 5.41) is -0.0800. The van der Waals surface area contributed by atoms with E-state index in [2.05, 4.69) is 20.9 Å². The van der Waals surface area contributed by atoms with Crippen molar-refractivity contribution in [2.45, 2.75) is 6.18 Å². The molecule has 0 aliphatic carbocycles. The Balaban J connectivity index is 2.95. The van der Waals surface area contributed by atoms with E-state index < -0.39 is 17.3 Å². The van der Waals surface area contributed by atoms with Crippen LogP contribution in [0.3, 0.4) is 0 Å². The zero-order chi connectivity index (χ0) is 11.9. The molecule has 0 saturated heterocycles. The molecular weight excluding hydrogens is 287 g/mol.